The molecule has 1 aliphatic rings. The van der Waals surface area contributed by atoms with Crippen LogP contribution in [0.25, 0.3) is 11.4 Å². The molecule has 1 fully saturated rings. The van der Waals surface area contributed by atoms with Crippen LogP contribution in [-0.4, -0.2) is 47.1 Å². The number of ether oxygens (including phenoxy) is 2. The Morgan fingerprint density at radius 3 is 2.92 bits per heavy atom. The van der Waals surface area contributed by atoms with E-state index in [2.05, 4.69) is 20.5 Å². The molecule has 1 aromatic heterocycles. The molecule has 24 heavy (non-hydrogen) atoms. The molecule has 0 spiro atoms. The number of aromatic amines is 1. The van der Waals surface area contributed by atoms with Crippen molar-refractivity contribution in [1.29, 1.82) is 0 Å². The van der Waals surface area contributed by atoms with Gasteiger partial charge in [-0.1, -0.05) is 18.2 Å². The minimum absolute atomic E-state index is 0.0610. The van der Waals surface area contributed by atoms with Gasteiger partial charge in [0.2, 0.25) is 11.1 Å². The highest BCUT2D eigenvalue weighted by atomic mass is 32.2. The van der Waals surface area contributed by atoms with Crippen molar-refractivity contribution in [1.82, 2.24) is 20.5 Å². The summed E-state index contributed by atoms with van der Waals surface area (Å²) in [5.41, 5.74) is 0.794. The van der Waals surface area contributed by atoms with Crippen molar-refractivity contribution in [3.05, 3.63) is 18.2 Å². The number of rotatable bonds is 5. The summed E-state index contributed by atoms with van der Waals surface area (Å²) < 4.78 is 10.6. The van der Waals surface area contributed by atoms with Crippen molar-refractivity contribution in [3.8, 4) is 22.9 Å². The minimum atomic E-state index is -0.145. The Hall–Kier alpha value is -2.22. The van der Waals surface area contributed by atoms with Crippen molar-refractivity contribution in [2.24, 2.45) is 0 Å². The Morgan fingerprint density at radius 2 is 2.12 bits per heavy atom. The van der Waals surface area contributed by atoms with E-state index in [0.717, 1.165) is 31.4 Å². The summed E-state index contributed by atoms with van der Waals surface area (Å²) in [6.45, 7) is 0.748. The zero-order valence-corrected chi connectivity index (χ0v) is 14.5. The van der Waals surface area contributed by atoms with Gasteiger partial charge in [0.1, 0.15) is 11.5 Å². The third-order valence-corrected chi connectivity index (χ3v) is 4.99. The van der Waals surface area contributed by atoms with Gasteiger partial charge in [-0.2, -0.15) is 0 Å². The van der Waals surface area contributed by atoms with Crippen molar-refractivity contribution < 1.29 is 14.3 Å². The van der Waals surface area contributed by atoms with Gasteiger partial charge in [0.15, 0.2) is 5.82 Å². The molecular weight excluding hydrogens is 328 g/mol. The largest absolute Gasteiger partial charge is 0.497 e. The average Bonchev–Trinajstić information content (AvgIpc) is 2.98. The quantitative estimate of drug-likeness (QED) is 0.861. The number of hydrogen-bond acceptors (Lipinski definition) is 6. The first-order valence-electron chi connectivity index (χ1n) is 7.80. The molecule has 0 aliphatic carbocycles. The summed E-state index contributed by atoms with van der Waals surface area (Å²) in [6.07, 6.45) is 2.89. The van der Waals surface area contributed by atoms with E-state index in [1.165, 1.54) is 11.8 Å². The van der Waals surface area contributed by atoms with Gasteiger partial charge in [0, 0.05) is 12.6 Å². The van der Waals surface area contributed by atoms with Crippen LogP contribution < -0.4 is 14.8 Å². The van der Waals surface area contributed by atoms with E-state index in [4.69, 9.17) is 9.47 Å². The summed E-state index contributed by atoms with van der Waals surface area (Å²) >= 11 is 1.39. The van der Waals surface area contributed by atoms with Gasteiger partial charge in [0.25, 0.3) is 0 Å². The molecule has 2 N–H and O–H groups in total. The zero-order chi connectivity index (χ0) is 16.9. The predicted molar refractivity (Wildman–Crippen MR) is 91.4 cm³/mol. The standard InChI is InChI=1S/C16H20N4O3S/c1-22-10-6-7-11(12(9-10)23-2)14-18-16(20-19-14)24-13-5-3-4-8-17-15(13)21/h6-7,9,13H,3-5,8H2,1-2H3,(H,17,21)(H,18,19,20)/t13-/m0/s1. The van der Waals surface area contributed by atoms with Gasteiger partial charge in [-0.15, -0.1) is 5.10 Å². The number of methoxy groups -OCH3 is 2. The number of amides is 1. The van der Waals surface area contributed by atoms with Crippen molar-refractivity contribution in [2.75, 3.05) is 20.8 Å². The van der Waals surface area contributed by atoms with E-state index in [-0.39, 0.29) is 11.2 Å². The van der Waals surface area contributed by atoms with Crippen LogP contribution in [0.2, 0.25) is 0 Å². The molecule has 0 radical (unpaired) electrons. The molecule has 0 saturated carbocycles. The molecule has 7 nitrogen and oxygen atoms in total. The number of hydrogen-bond donors (Lipinski definition) is 2. The van der Waals surface area contributed by atoms with Gasteiger partial charge < -0.3 is 14.8 Å². The maximum Gasteiger partial charge on any atom is 0.233 e. The Morgan fingerprint density at radius 1 is 1.25 bits per heavy atom. The lowest BCUT2D eigenvalue weighted by Gasteiger charge is -2.09. The number of nitrogens with one attached hydrogen (secondary N) is 2. The van der Waals surface area contributed by atoms with Gasteiger partial charge in [-0.3, -0.25) is 9.89 Å². The van der Waals surface area contributed by atoms with Gasteiger partial charge in [-0.25, -0.2) is 4.98 Å². The van der Waals surface area contributed by atoms with E-state index in [0.29, 0.717) is 22.5 Å². The summed E-state index contributed by atoms with van der Waals surface area (Å²) in [7, 11) is 3.20. The third kappa shape index (κ3) is 3.64. The predicted octanol–water partition coefficient (Wildman–Crippen LogP) is 2.25. The highest BCUT2D eigenvalue weighted by Gasteiger charge is 2.24. The van der Waals surface area contributed by atoms with Crippen molar-refractivity contribution in [3.63, 3.8) is 0 Å². The molecule has 1 saturated heterocycles. The van der Waals surface area contributed by atoms with Gasteiger partial charge >= 0.3 is 0 Å². The monoisotopic (exact) mass is 348 g/mol. The molecule has 128 valence electrons. The fraction of sp³-hybridized carbons (Fsp3) is 0.438. The van der Waals surface area contributed by atoms with Crippen LogP contribution in [0.5, 0.6) is 11.5 Å². The number of H-pyrrole nitrogens is 1. The second-order valence-electron chi connectivity index (χ2n) is 5.43. The molecule has 1 aliphatic heterocycles. The number of carbonyl (C=O) groups is 1. The van der Waals surface area contributed by atoms with Crippen LogP contribution in [0.3, 0.4) is 0 Å². The molecule has 1 aromatic carbocycles. The lowest BCUT2D eigenvalue weighted by Crippen LogP contribution is -2.30. The molecule has 2 aromatic rings. The lowest BCUT2D eigenvalue weighted by atomic mass is 10.2. The third-order valence-electron chi connectivity index (χ3n) is 3.86. The molecule has 8 heteroatoms. The maximum atomic E-state index is 12.0. The average molecular weight is 348 g/mol. The topological polar surface area (TPSA) is 89.1 Å². The van der Waals surface area contributed by atoms with E-state index >= 15 is 0 Å². The highest BCUT2D eigenvalue weighted by Crippen LogP contribution is 2.33. The first-order valence-corrected chi connectivity index (χ1v) is 8.68. The minimum Gasteiger partial charge on any atom is -0.497 e. The summed E-state index contributed by atoms with van der Waals surface area (Å²) in [6, 6.07) is 5.50. The van der Waals surface area contributed by atoms with Crippen LogP contribution >= 0.6 is 11.8 Å². The smallest absolute Gasteiger partial charge is 0.233 e. The number of nitrogens with zero attached hydrogens (tertiary/aromatic N) is 2. The summed E-state index contributed by atoms with van der Waals surface area (Å²) in [5.74, 6) is 2.02. The summed E-state index contributed by atoms with van der Waals surface area (Å²) in [5, 5.41) is 10.5. The SMILES string of the molecule is COc1ccc(-c2nc(S[C@H]3CCCCNC3=O)n[nH]2)c(OC)c1. The number of thioether (sulfide) groups is 1. The fourth-order valence-electron chi connectivity index (χ4n) is 2.56. The van der Waals surface area contributed by atoms with Crippen LogP contribution in [0.4, 0.5) is 0 Å². The van der Waals surface area contributed by atoms with Gasteiger partial charge in [0.05, 0.1) is 25.0 Å². The van der Waals surface area contributed by atoms with E-state index < -0.39 is 0 Å². The van der Waals surface area contributed by atoms with Crippen LogP contribution in [0.1, 0.15) is 19.3 Å². The van der Waals surface area contributed by atoms with Crippen LogP contribution in [0, 0.1) is 0 Å². The Bertz CT molecular complexity index is 719. The van der Waals surface area contributed by atoms with E-state index in [1.54, 1.807) is 20.3 Å². The molecule has 3 rings (SSSR count). The number of carbonyl (C=O) groups excluding carboxylic acids is 1. The van der Waals surface area contributed by atoms with Crippen LogP contribution in [-0.2, 0) is 4.79 Å². The van der Waals surface area contributed by atoms with E-state index in [9.17, 15) is 4.79 Å². The second kappa shape index (κ2) is 7.57. The number of aromatic nitrogens is 3. The summed E-state index contributed by atoms with van der Waals surface area (Å²) in [4.78, 5) is 16.5. The number of benzene rings is 1. The molecule has 0 unspecified atom stereocenters. The molecular formula is C16H20N4O3S. The van der Waals surface area contributed by atoms with Crippen LogP contribution in [0.15, 0.2) is 23.4 Å². The Labute approximate surface area is 144 Å². The second-order valence-corrected chi connectivity index (χ2v) is 6.60. The molecule has 2 heterocycles. The molecule has 1 atom stereocenters. The first-order chi connectivity index (χ1) is 11.7. The van der Waals surface area contributed by atoms with Crippen molar-refractivity contribution in [2.45, 2.75) is 29.7 Å². The maximum absolute atomic E-state index is 12.0. The normalized spacial score (nSPS) is 17.9. The molecule has 1 amide bonds. The fourth-order valence-corrected chi connectivity index (χ4v) is 3.54. The Balaban J connectivity index is 1.79. The zero-order valence-electron chi connectivity index (χ0n) is 13.7. The van der Waals surface area contributed by atoms with E-state index in [1.807, 2.05) is 12.1 Å². The Kier molecular flexibility index (Phi) is 5.24. The highest BCUT2D eigenvalue weighted by molar-refractivity contribution is 8.00. The molecule has 0 bridgehead atoms. The lowest BCUT2D eigenvalue weighted by molar-refractivity contribution is -0.120. The van der Waals surface area contributed by atoms with Gasteiger partial charge in [-0.05, 0) is 25.0 Å². The van der Waals surface area contributed by atoms with Crippen molar-refractivity contribution >= 4 is 17.7 Å². The first kappa shape index (κ1) is 16.6.